The van der Waals surface area contributed by atoms with Crippen molar-refractivity contribution in [1.29, 1.82) is 0 Å². The molecule has 0 unspecified atom stereocenters. The van der Waals surface area contributed by atoms with E-state index in [1.165, 1.54) is 0 Å². The Morgan fingerprint density at radius 1 is 1.25 bits per heavy atom. The number of anilines is 2. The lowest BCUT2D eigenvalue weighted by molar-refractivity contribution is 0.616. The van der Waals surface area contributed by atoms with Crippen molar-refractivity contribution in [3.63, 3.8) is 0 Å². The molecule has 0 aromatic heterocycles. The number of rotatable bonds is 1. The maximum Gasteiger partial charge on any atom is 0.151 e. The van der Waals surface area contributed by atoms with Crippen molar-refractivity contribution in [3.8, 4) is 0 Å². The standard InChI is InChI=1S/C9H11FN2/c10-8-6(5-1-2-5)3-4-7(11)9(8)12/h3-5H,1-2,11-12H2. The van der Waals surface area contributed by atoms with Crippen LogP contribution in [0.2, 0.25) is 0 Å². The summed E-state index contributed by atoms with van der Waals surface area (Å²) >= 11 is 0. The lowest BCUT2D eigenvalue weighted by Gasteiger charge is -2.05. The van der Waals surface area contributed by atoms with Crippen molar-refractivity contribution < 1.29 is 4.39 Å². The summed E-state index contributed by atoms with van der Waals surface area (Å²) in [7, 11) is 0. The molecule has 1 aromatic rings. The third kappa shape index (κ3) is 1.02. The van der Waals surface area contributed by atoms with E-state index in [0.29, 0.717) is 11.6 Å². The molecular weight excluding hydrogens is 155 g/mol. The van der Waals surface area contributed by atoms with Gasteiger partial charge in [-0.3, -0.25) is 0 Å². The van der Waals surface area contributed by atoms with Crippen molar-refractivity contribution in [2.75, 3.05) is 11.5 Å². The molecule has 0 radical (unpaired) electrons. The van der Waals surface area contributed by atoms with Crippen molar-refractivity contribution >= 4 is 11.4 Å². The normalized spacial score (nSPS) is 16.4. The number of benzene rings is 1. The highest BCUT2D eigenvalue weighted by Crippen LogP contribution is 2.42. The maximum atomic E-state index is 13.3. The average molecular weight is 166 g/mol. The van der Waals surface area contributed by atoms with Crippen LogP contribution in [0, 0.1) is 5.82 Å². The molecule has 64 valence electrons. The molecule has 3 heteroatoms. The fourth-order valence-corrected chi connectivity index (χ4v) is 1.33. The zero-order valence-corrected chi connectivity index (χ0v) is 6.68. The van der Waals surface area contributed by atoms with Gasteiger partial charge in [0.25, 0.3) is 0 Å². The highest BCUT2D eigenvalue weighted by molar-refractivity contribution is 5.65. The monoisotopic (exact) mass is 166 g/mol. The zero-order chi connectivity index (χ0) is 8.72. The second kappa shape index (κ2) is 2.37. The van der Waals surface area contributed by atoms with Crippen molar-refractivity contribution in [1.82, 2.24) is 0 Å². The van der Waals surface area contributed by atoms with Crippen LogP contribution in [0.1, 0.15) is 24.3 Å². The van der Waals surface area contributed by atoms with Gasteiger partial charge in [-0.2, -0.15) is 0 Å². The second-order valence-electron chi connectivity index (χ2n) is 3.25. The van der Waals surface area contributed by atoms with Crippen LogP contribution in [0.5, 0.6) is 0 Å². The van der Waals surface area contributed by atoms with E-state index in [9.17, 15) is 4.39 Å². The molecule has 0 amide bonds. The van der Waals surface area contributed by atoms with Crippen molar-refractivity contribution in [2.45, 2.75) is 18.8 Å². The van der Waals surface area contributed by atoms with E-state index < -0.39 is 0 Å². The fourth-order valence-electron chi connectivity index (χ4n) is 1.33. The van der Waals surface area contributed by atoms with Crippen LogP contribution in [0.4, 0.5) is 15.8 Å². The molecule has 0 heterocycles. The minimum atomic E-state index is -0.322. The summed E-state index contributed by atoms with van der Waals surface area (Å²) in [6.07, 6.45) is 2.14. The van der Waals surface area contributed by atoms with Gasteiger partial charge in [-0.15, -0.1) is 0 Å². The second-order valence-corrected chi connectivity index (χ2v) is 3.25. The van der Waals surface area contributed by atoms with Crippen LogP contribution in [-0.2, 0) is 0 Å². The molecular formula is C9H11FN2. The van der Waals surface area contributed by atoms with E-state index in [2.05, 4.69) is 0 Å². The molecule has 1 aliphatic rings. The lowest BCUT2D eigenvalue weighted by atomic mass is 10.1. The summed E-state index contributed by atoms with van der Waals surface area (Å²) in [6.45, 7) is 0. The smallest absolute Gasteiger partial charge is 0.151 e. The van der Waals surface area contributed by atoms with E-state index in [-0.39, 0.29) is 11.5 Å². The first-order valence-corrected chi connectivity index (χ1v) is 4.03. The number of hydrogen-bond donors (Lipinski definition) is 2. The molecule has 1 saturated carbocycles. The van der Waals surface area contributed by atoms with E-state index in [1.54, 1.807) is 12.1 Å². The third-order valence-electron chi connectivity index (χ3n) is 2.26. The molecule has 0 atom stereocenters. The Balaban J connectivity index is 2.49. The minimum absolute atomic E-state index is 0.0967. The van der Waals surface area contributed by atoms with E-state index in [1.807, 2.05) is 0 Å². The molecule has 0 spiro atoms. The first-order valence-electron chi connectivity index (χ1n) is 4.03. The first-order chi connectivity index (χ1) is 5.70. The molecule has 0 saturated heterocycles. The summed E-state index contributed by atoms with van der Waals surface area (Å²) in [5, 5.41) is 0. The Kier molecular flexibility index (Phi) is 1.46. The lowest BCUT2D eigenvalue weighted by Crippen LogP contribution is -2.00. The van der Waals surface area contributed by atoms with Crippen LogP contribution in [0.3, 0.4) is 0 Å². The summed E-state index contributed by atoms with van der Waals surface area (Å²) in [5.74, 6) is 0.0606. The summed E-state index contributed by atoms with van der Waals surface area (Å²) in [6, 6.07) is 3.41. The fraction of sp³-hybridized carbons (Fsp3) is 0.333. The predicted octanol–water partition coefficient (Wildman–Crippen LogP) is 1.87. The molecule has 1 aliphatic carbocycles. The van der Waals surface area contributed by atoms with Gasteiger partial charge in [0.2, 0.25) is 0 Å². The topological polar surface area (TPSA) is 52.0 Å². The van der Waals surface area contributed by atoms with Gasteiger partial charge in [0.1, 0.15) is 0 Å². The van der Waals surface area contributed by atoms with Gasteiger partial charge in [0, 0.05) is 0 Å². The zero-order valence-electron chi connectivity index (χ0n) is 6.68. The molecule has 2 rings (SSSR count). The van der Waals surface area contributed by atoms with Gasteiger partial charge in [-0.1, -0.05) is 6.07 Å². The van der Waals surface area contributed by atoms with Crippen LogP contribution >= 0.6 is 0 Å². The summed E-state index contributed by atoms with van der Waals surface area (Å²) in [5.41, 5.74) is 12.0. The third-order valence-corrected chi connectivity index (χ3v) is 2.26. The van der Waals surface area contributed by atoms with Crippen LogP contribution < -0.4 is 11.5 Å². The quantitative estimate of drug-likeness (QED) is 0.626. The number of nitrogens with two attached hydrogens (primary N) is 2. The summed E-state index contributed by atoms with van der Waals surface area (Å²) < 4.78 is 13.3. The SMILES string of the molecule is Nc1ccc(C2CC2)c(F)c1N. The van der Waals surface area contributed by atoms with Gasteiger partial charge < -0.3 is 11.5 Å². The Hall–Kier alpha value is -1.25. The average Bonchev–Trinajstić information content (AvgIpc) is 2.84. The Morgan fingerprint density at radius 3 is 2.50 bits per heavy atom. The molecule has 2 nitrogen and oxygen atoms in total. The van der Waals surface area contributed by atoms with Crippen LogP contribution in [-0.4, -0.2) is 0 Å². The highest BCUT2D eigenvalue weighted by atomic mass is 19.1. The Labute approximate surface area is 70.4 Å². The first kappa shape index (κ1) is 7.40. The van der Waals surface area contributed by atoms with Crippen LogP contribution in [0.25, 0.3) is 0 Å². The van der Waals surface area contributed by atoms with Gasteiger partial charge in [0.05, 0.1) is 11.4 Å². The van der Waals surface area contributed by atoms with Gasteiger partial charge >= 0.3 is 0 Å². The number of halogens is 1. The van der Waals surface area contributed by atoms with E-state index >= 15 is 0 Å². The van der Waals surface area contributed by atoms with Gasteiger partial charge in [-0.05, 0) is 30.4 Å². The number of nitrogen functional groups attached to an aromatic ring is 2. The molecule has 4 N–H and O–H groups in total. The predicted molar refractivity (Wildman–Crippen MR) is 47.2 cm³/mol. The Morgan fingerprint density at radius 2 is 1.92 bits per heavy atom. The largest absolute Gasteiger partial charge is 0.397 e. The van der Waals surface area contributed by atoms with Crippen molar-refractivity contribution in [3.05, 3.63) is 23.5 Å². The molecule has 12 heavy (non-hydrogen) atoms. The van der Waals surface area contributed by atoms with E-state index in [0.717, 1.165) is 18.4 Å². The molecule has 0 aliphatic heterocycles. The van der Waals surface area contributed by atoms with Gasteiger partial charge in [0.15, 0.2) is 5.82 Å². The summed E-state index contributed by atoms with van der Waals surface area (Å²) in [4.78, 5) is 0. The molecule has 1 fully saturated rings. The van der Waals surface area contributed by atoms with E-state index in [4.69, 9.17) is 11.5 Å². The van der Waals surface area contributed by atoms with Crippen LogP contribution in [0.15, 0.2) is 12.1 Å². The Bertz CT molecular complexity index is 319. The molecule has 1 aromatic carbocycles. The molecule has 0 bridgehead atoms. The minimum Gasteiger partial charge on any atom is -0.397 e. The number of hydrogen-bond acceptors (Lipinski definition) is 2. The van der Waals surface area contributed by atoms with Crippen molar-refractivity contribution in [2.24, 2.45) is 0 Å². The maximum absolute atomic E-state index is 13.3. The van der Waals surface area contributed by atoms with Gasteiger partial charge in [-0.25, -0.2) is 4.39 Å². The highest BCUT2D eigenvalue weighted by Gasteiger charge is 2.27.